The molecule has 7 nitrogen and oxygen atoms in total. The number of Topliss-reactive ketones (excluding diaryl/α,β-unsaturated/α-hetero) is 1. The molecular formula is C32H41N5O2. The zero-order valence-corrected chi connectivity index (χ0v) is 24.0. The van der Waals surface area contributed by atoms with E-state index in [0.717, 1.165) is 54.1 Å². The van der Waals surface area contributed by atoms with Crippen LogP contribution < -0.4 is 10.2 Å². The second-order valence-corrected chi connectivity index (χ2v) is 9.54. The summed E-state index contributed by atoms with van der Waals surface area (Å²) in [6.45, 7) is 7.10. The summed E-state index contributed by atoms with van der Waals surface area (Å²) >= 11 is 0. The number of nitrogens with zero attached hydrogens (tertiary/aromatic N) is 4. The Kier molecular flexibility index (Phi) is 10.7. The van der Waals surface area contributed by atoms with Gasteiger partial charge in [0.05, 0.1) is 11.2 Å². The van der Waals surface area contributed by atoms with Gasteiger partial charge in [0.25, 0.3) is 0 Å². The van der Waals surface area contributed by atoms with Gasteiger partial charge in [-0.2, -0.15) is 0 Å². The maximum Gasteiger partial charge on any atom is 0.209 e. The van der Waals surface area contributed by atoms with E-state index < -0.39 is 0 Å². The molecule has 1 unspecified atom stereocenters. The Labute approximate surface area is 232 Å². The number of benzene rings is 2. The lowest BCUT2D eigenvalue weighted by molar-refractivity contribution is -0.119. The fourth-order valence-corrected chi connectivity index (χ4v) is 4.66. The van der Waals surface area contributed by atoms with Crippen molar-refractivity contribution in [2.75, 3.05) is 44.4 Å². The molecule has 1 atom stereocenters. The fraction of sp³-hybridized carbons (Fsp3) is 0.344. The smallest absolute Gasteiger partial charge is 0.209 e. The van der Waals surface area contributed by atoms with Gasteiger partial charge < -0.3 is 19.5 Å². The fourth-order valence-electron chi connectivity index (χ4n) is 4.66. The number of anilines is 2. The van der Waals surface area contributed by atoms with Gasteiger partial charge >= 0.3 is 0 Å². The Hall–Kier alpha value is -4.13. The number of piperidine rings is 1. The Morgan fingerprint density at radius 2 is 1.72 bits per heavy atom. The first-order valence-corrected chi connectivity index (χ1v) is 13.6. The minimum absolute atomic E-state index is 0.0584. The number of ketones is 1. The number of carbonyl (C=O) groups is 2. The molecule has 39 heavy (non-hydrogen) atoms. The largest absolute Gasteiger partial charge is 0.388 e. The van der Waals surface area contributed by atoms with Gasteiger partial charge in [-0.1, -0.05) is 44.2 Å². The van der Waals surface area contributed by atoms with E-state index >= 15 is 0 Å². The van der Waals surface area contributed by atoms with Crippen molar-refractivity contribution in [3.63, 3.8) is 0 Å². The quantitative estimate of drug-likeness (QED) is 0.233. The number of nitrogens with one attached hydrogen (secondary N) is 1. The van der Waals surface area contributed by atoms with E-state index in [0.29, 0.717) is 12.1 Å². The normalized spacial score (nSPS) is 14.4. The molecule has 1 amide bonds. The van der Waals surface area contributed by atoms with Crippen molar-refractivity contribution in [1.82, 2.24) is 14.3 Å². The van der Waals surface area contributed by atoms with Gasteiger partial charge in [-0.05, 0) is 56.2 Å². The van der Waals surface area contributed by atoms with Crippen molar-refractivity contribution >= 4 is 29.1 Å². The molecule has 2 aromatic carbocycles. The third kappa shape index (κ3) is 7.25. The van der Waals surface area contributed by atoms with Crippen molar-refractivity contribution in [1.29, 1.82) is 0 Å². The van der Waals surface area contributed by atoms with E-state index in [2.05, 4.69) is 44.9 Å². The van der Waals surface area contributed by atoms with Crippen molar-refractivity contribution in [3.8, 4) is 11.3 Å². The van der Waals surface area contributed by atoms with Gasteiger partial charge in [-0.25, -0.2) is 4.98 Å². The van der Waals surface area contributed by atoms with E-state index in [1.54, 1.807) is 6.92 Å². The molecule has 1 saturated heterocycles. The number of aromatic nitrogens is 2. The number of rotatable bonds is 6. The number of amides is 1. The number of hydrogen-bond acceptors (Lipinski definition) is 5. The van der Waals surface area contributed by atoms with Crippen LogP contribution in [0.25, 0.3) is 16.8 Å². The van der Waals surface area contributed by atoms with Gasteiger partial charge in [-0.15, -0.1) is 0 Å². The van der Waals surface area contributed by atoms with Crippen molar-refractivity contribution < 1.29 is 9.59 Å². The molecule has 1 fully saturated rings. The molecule has 0 radical (unpaired) electrons. The van der Waals surface area contributed by atoms with Crippen molar-refractivity contribution in [2.24, 2.45) is 0 Å². The van der Waals surface area contributed by atoms with Crippen LogP contribution in [-0.2, 0) is 4.79 Å². The van der Waals surface area contributed by atoms with Crippen molar-refractivity contribution in [3.05, 3.63) is 84.3 Å². The summed E-state index contributed by atoms with van der Waals surface area (Å²) in [4.78, 5) is 31.6. The minimum atomic E-state index is 0.0584. The summed E-state index contributed by atoms with van der Waals surface area (Å²) in [6, 6.07) is 22.0. The average molecular weight is 528 g/mol. The Morgan fingerprint density at radius 3 is 2.31 bits per heavy atom. The second-order valence-electron chi connectivity index (χ2n) is 9.54. The van der Waals surface area contributed by atoms with Crippen LogP contribution in [0.15, 0.2) is 72.9 Å². The highest BCUT2D eigenvalue weighted by atomic mass is 16.1. The SMILES string of the molecule is CC.CC(=O)c1ccc(-c2nc(C3CCCN(C=O)C3)n3ccccc23)cc1.CNc1ccc(N(C)C)cc1. The van der Waals surface area contributed by atoms with Gasteiger partial charge in [0.2, 0.25) is 6.41 Å². The summed E-state index contributed by atoms with van der Waals surface area (Å²) in [5, 5.41) is 3.07. The zero-order valence-electron chi connectivity index (χ0n) is 24.0. The molecule has 206 valence electrons. The number of carbonyl (C=O) groups excluding carboxylic acids is 2. The number of hydrogen-bond donors (Lipinski definition) is 1. The van der Waals surface area contributed by atoms with E-state index in [1.807, 2.05) is 82.5 Å². The van der Waals surface area contributed by atoms with Crippen LogP contribution in [0.3, 0.4) is 0 Å². The van der Waals surface area contributed by atoms with Crippen LogP contribution in [0, 0.1) is 0 Å². The molecule has 1 N–H and O–H groups in total. The molecule has 0 spiro atoms. The third-order valence-corrected chi connectivity index (χ3v) is 6.78. The highest BCUT2D eigenvalue weighted by Gasteiger charge is 2.25. The molecule has 4 aromatic rings. The van der Waals surface area contributed by atoms with E-state index in [9.17, 15) is 9.59 Å². The average Bonchev–Trinajstić information content (AvgIpc) is 3.38. The predicted molar refractivity (Wildman–Crippen MR) is 162 cm³/mol. The molecule has 3 heterocycles. The summed E-state index contributed by atoms with van der Waals surface area (Å²) in [5.41, 5.74) is 6.03. The van der Waals surface area contributed by atoms with E-state index in [-0.39, 0.29) is 11.7 Å². The standard InChI is InChI=1S/C21H21N3O2.C9H14N2.C2H6/c1-15(26)16-7-9-17(10-8-16)20-19-6-2-3-12-24(19)21(22-20)18-5-4-11-23(13-18)14-25;1-10-8-4-6-9(7-5-8)11(2)3;1-2/h2-3,6-10,12,14,18H,4-5,11,13H2,1H3;4-7,10H,1-3H3;1-2H3. The van der Waals surface area contributed by atoms with E-state index in [4.69, 9.17) is 4.98 Å². The Bertz CT molecular complexity index is 1340. The highest BCUT2D eigenvalue weighted by molar-refractivity contribution is 5.94. The molecule has 1 aliphatic heterocycles. The Morgan fingerprint density at radius 1 is 1.03 bits per heavy atom. The third-order valence-electron chi connectivity index (χ3n) is 6.78. The second kappa shape index (κ2) is 14.1. The molecule has 0 bridgehead atoms. The van der Waals surface area contributed by atoms with Crippen LogP contribution in [0.5, 0.6) is 0 Å². The summed E-state index contributed by atoms with van der Waals surface area (Å²) in [6.07, 6.45) is 4.99. The Balaban J connectivity index is 0.000000272. The number of pyridine rings is 1. The minimum Gasteiger partial charge on any atom is -0.388 e. The lowest BCUT2D eigenvalue weighted by atomic mass is 9.97. The molecule has 0 saturated carbocycles. The highest BCUT2D eigenvalue weighted by Crippen LogP contribution is 2.32. The van der Waals surface area contributed by atoms with Gasteiger partial charge in [0, 0.05) is 68.8 Å². The predicted octanol–water partition coefficient (Wildman–Crippen LogP) is 6.36. The summed E-state index contributed by atoms with van der Waals surface area (Å²) in [7, 11) is 5.99. The number of imidazole rings is 1. The zero-order chi connectivity index (χ0) is 28.4. The first-order chi connectivity index (χ1) is 18.9. The number of likely N-dealkylation sites (tertiary alicyclic amines) is 1. The van der Waals surface area contributed by atoms with Crippen LogP contribution in [0.1, 0.15) is 55.7 Å². The maximum absolute atomic E-state index is 11.5. The molecule has 0 aliphatic carbocycles. The number of fused-ring (bicyclic) bond motifs is 1. The van der Waals surface area contributed by atoms with Crippen LogP contribution in [0.2, 0.25) is 0 Å². The van der Waals surface area contributed by atoms with Crippen LogP contribution in [-0.4, -0.2) is 60.7 Å². The molecular weight excluding hydrogens is 486 g/mol. The lowest BCUT2D eigenvalue weighted by Crippen LogP contribution is -2.33. The monoisotopic (exact) mass is 527 g/mol. The topological polar surface area (TPSA) is 70.0 Å². The van der Waals surface area contributed by atoms with Gasteiger partial charge in [0.15, 0.2) is 5.78 Å². The molecule has 2 aromatic heterocycles. The molecule has 1 aliphatic rings. The first kappa shape index (κ1) is 29.4. The van der Waals surface area contributed by atoms with Gasteiger partial charge in [-0.3, -0.25) is 9.59 Å². The van der Waals surface area contributed by atoms with Crippen LogP contribution in [0.4, 0.5) is 11.4 Å². The van der Waals surface area contributed by atoms with E-state index in [1.165, 1.54) is 5.69 Å². The van der Waals surface area contributed by atoms with Gasteiger partial charge in [0.1, 0.15) is 5.82 Å². The summed E-state index contributed by atoms with van der Waals surface area (Å²) < 4.78 is 2.13. The first-order valence-electron chi connectivity index (χ1n) is 13.6. The van der Waals surface area contributed by atoms with Crippen LogP contribution >= 0.6 is 0 Å². The summed E-state index contributed by atoms with van der Waals surface area (Å²) in [5.74, 6) is 1.29. The molecule has 5 rings (SSSR count). The maximum atomic E-state index is 11.5. The van der Waals surface area contributed by atoms with Crippen molar-refractivity contribution in [2.45, 2.75) is 39.5 Å². The lowest BCUT2D eigenvalue weighted by Gasteiger charge is -2.29. The molecule has 7 heteroatoms.